The van der Waals surface area contributed by atoms with E-state index in [4.69, 9.17) is 16.3 Å². The van der Waals surface area contributed by atoms with Crippen LogP contribution in [0.25, 0.3) is 0 Å². The second-order valence-electron chi connectivity index (χ2n) is 4.77. The number of rotatable bonds is 5. The second-order valence-corrected chi connectivity index (χ2v) is 5.18. The van der Waals surface area contributed by atoms with Crippen LogP contribution < -0.4 is 10.1 Å². The molecular formula is C14H19ClFNO. The van der Waals surface area contributed by atoms with Crippen molar-refractivity contribution in [3.05, 3.63) is 29.0 Å². The first kappa shape index (κ1) is 13.6. The predicted molar refractivity (Wildman–Crippen MR) is 71.7 cm³/mol. The third kappa shape index (κ3) is 3.36. The molecule has 1 heterocycles. The minimum absolute atomic E-state index is 0.160. The molecule has 1 fully saturated rings. The van der Waals surface area contributed by atoms with Gasteiger partial charge in [0.15, 0.2) is 0 Å². The minimum atomic E-state index is -0.332. The second kappa shape index (κ2) is 6.39. The highest BCUT2D eigenvalue weighted by Crippen LogP contribution is 2.29. The monoisotopic (exact) mass is 271 g/mol. The van der Waals surface area contributed by atoms with Gasteiger partial charge < -0.3 is 10.1 Å². The van der Waals surface area contributed by atoms with Crippen molar-refractivity contribution in [2.24, 2.45) is 5.92 Å². The third-order valence-corrected chi connectivity index (χ3v) is 3.67. The molecule has 0 aliphatic carbocycles. The van der Waals surface area contributed by atoms with Gasteiger partial charge in [0.25, 0.3) is 0 Å². The Bertz CT molecular complexity index is 393. The summed E-state index contributed by atoms with van der Waals surface area (Å²) in [5.74, 6) is 0.774. The number of benzene rings is 1. The first-order valence-corrected chi connectivity index (χ1v) is 6.91. The molecule has 0 radical (unpaired) electrons. The fraction of sp³-hybridized carbons (Fsp3) is 0.571. The van der Waals surface area contributed by atoms with E-state index in [9.17, 15) is 4.39 Å². The molecular weight excluding hydrogens is 253 g/mol. The molecule has 1 aliphatic rings. The minimum Gasteiger partial charge on any atom is -0.489 e. The van der Waals surface area contributed by atoms with E-state index in [-0.39, 0.29) is 11.9 Å². The van der Waals surface area contributed by atoms with Crippen molar-refractivity contribution in [1.82, 2.24) is 5.32 Å². The quantitative estimate of drug-likeness (QED) is 0.883. The molecule has 2 nitrogen and oxygen atoms in total. The van der Waals surface area contributed by atoms with Crippen molar-refractivity contribution in [3.8, 4) is 5.75 Å². The van der Waals surface area contributed by atoms with E-state index < -0.39 is 0 Å². The van der Waals surface area contributed by atoms with Gasteiger partial charge in [-0.3, -0.25) is 0 Å². The van der Waals surface area contributed by atoms with Crippen LogP contribution in [0.3, 0.4) is 0 Å². The fourth-order valence-corrected chi connectivity index (χ4v) is 2.62. The molecule has 100 valence electrons. The standard InChI is InChI=1S/C14H19ClFNO/c1-2-3-13(10-6-7-17-9-10)18-14-5-4-11(16)8-12(14)15/h4-5,8,10,13,17H,2-3,6-7,9H2,1H3/t10?,13-/m0/s1. The summed E-state index contributed by atoms with van der Waals surface area (Å²) in [6, 6.07) is 4.30. The molecule has 1 aromatic carbocycles. The van der Waals surface area contributed by atoms with Gasteiger partial charge in [-0.05, 0) is 37.6 Å². The Balaban J connectivity index is 2.07. The van der Waals surface area contributed by atoms with E-state index in [1.807, 2.05) is 0 Å². The summed E-state index contributed by atoms with van der Waals surface area (Å²) >= 11 is 6.00. The lowest BCUT2D eigenvalue weighted by Crippen LogP contribution is -2.28. The van der Waals surface area contributed by atoms with Crippen LogP contribution in [0, 0.1) is 11.7 Å². The Hall–Kier alpha value is -0.800. The highest BCUT2D eigenvalue weighted by Gasteiger charge is 2.26. The van der Waals surface area contributed by atoms with Crippen LogP contribution >= 0.6 is 11.6 Å². The topological polar surface area (TPSA) is 21.3 Å². The normalized spacial score (nSPS) is 20.9. The summed E-state index contributed by atoms with van der Waals surface area (Å²) in [6.45, 7) is 4.18. The number of halogens is 2. The van der Waals surface area contributed by atoms with Gasteiger partial charge in [-0.25, -0.2) is 4.39 Å². The van der Waals surface area contributed by atoms with Gasteiger partial charge in [0.1, 0.15) is 17.7 Å². The van der Waals surface area contributed by atoms with Crippen LogP contribution in [0.2, 0.25) is 5.02 Å². The zero-order valence-electron chi connectivity index (χ0n) is 10.6. The molecule has 1 unspecified atom stereocenters. The number of nitrogens with one attached hydrogen (secondary N) is 1. The van der Waals surface area contributed by atoms with Gasteiger partial charge in [0.2, 0.25) is 0 Å². The lowest BCUT2D eigenvalue weighted by molar-refractivity contribution is 0.132. The lowest BCUT2D eigenvalue weighted by atomic mass is 9.97. The maximum atomic E-state index is 13.0. The van der Waals surface area contributed by atoms with E-state index in [0.717, 1.165) is 32.4 Å². The highest BCUT2D eigenvalue weighted by atomic mass is 35.5. The average molecular weight is 272 g/mol. The molecule has 18 heavy (non-hydrogen) atoms. The Morgan fingerprint density at radius 2 is 2.39 bits per heavy atom. The molecule has 0 bridgehead atoms. The summed E-state index contributed by atoms with van der Waals surface area (Å²) in [6.07, 6.45) is 3.36. The van der Waals surface area contributed by atoms with E-state index >= 15 is 0 Å². The predicted octanol–water partition coefficient (Wildman–Crippen LogP) is 3.64. The molecule has 1 saturated heterocycles. The van der Waals surface area contributed by atoms with Crippen LogP contribution in [0.15, 0.2) is 18.2 Å². The molecule has 2 atom stereocenters. The Kier molecular flexibility index (Phi) is 4.84. The van der Waals surface area contributed by atoms with E-state index in [1.165, 1.54) is 12.1 Å². The van der Waals surface area contributed by atoms with Crippen molar-refractivity contribution in [3.63, 3.8) is 0 Å². The Labute approximate surface area is 112 Å². The van der Waals surface area contributed by atoms with Crippen molar-refractivity contribution >= 4 is 11.6 Å². The van der Waals surface area contributed by atoms with Crippen molar-refractivity contribution in [2.75, 3.05) is 13.1 Å². The van der Waals surface area contributed by atoms with Gasteiger partial charge in [0, 0.05) is 12.5 Å². The zero-order chi connectivity index (χ0) is 13.0. The summed E-state index contributed by atoms with van der Waals surface area (Å²) in [5.41, 5.74) is 0. The smallest absolute Gasteiger partial charge is 0.138 e. The Morgan fingerprint density at radius 3 is 3.00 bits per heavy atom. The molecule has 0 amide bonds. The van der Waals surface area contributed by atoms with Gasteiger partial charge in [-0.15, -0.1) is 0 Å². The summed E-state index contributed by atoms with van der Waals surface area (Å²) in [4.78, 5) is 0. The van der Waals surface area contributed by atoms with Crippen LogP contribution in [0.5, 0.6) is 5.75 Å². The van der Waals surface area contributed by atoms with Gasteiger partial charge >= 0.3 is 0 Å². The third-order valence-electron chi connectivity index (χ3n) is 3.37. The van der Waals surface area contributed by atoms with Crippen molar-refractivity contribution in [2.45, 2.75) is 32.3 Å². The molecule has 2 rings (SSSR count). The van der Waals surface area contributed by atoms with Gasteiger partial charge in [-0.1, -0.05) is 24.9 Å². The van der Waals surface area contributed by atoms with E-state index in [2.05, 4.69) is 12.2 Å². The van der Waals surface area contributed by atoms with Gasteiger partial charge in [-0.2, -0.15) is 0 Å². The van der Waals surface area contributed by atoms with E-state index in [1.54, 1.807) is 6.07 Å². The SMILES string of the molecule is CCC[C@H](Oc1ccc(F)cc1Cl)C1CCNC1. The first-order chi connectivity index (χ1) is 8.70. The summed E-state index contributed by atoms with van der Waals surface area (Å²) in [7, 11) is 0. The molecule has 1 aliphatic heterocycles. The maximum absolute atomic E-state index is 13.0. The van der Waals surface area contributed by atoms with Gasteiger partial charge in [0.05, 0.1) is 5.02 Å². The van der Waals surface area contributed by atoms with Crippen molar-refractivity contribution in [1.29, 1.82) is 0 Å². The zero-order valence-corrected chi connectivity index (χ0v) is 11.3. The molecule has 1 aromatic rings. The highest BCUT2D eigenvalue weighted by molar-refractivity contribution is 6.32. The van der Waals surface area contributed by atoms with Crippen LogP contribution in [0.1, 0.15) is 26.2 Å². The van der Waals surface area contributed by atoms with E-state index in [0.29, 0.717) is 16.7 Å². The number of hydrogen-bond acceptors (Lipinski definition) is 2. The first-order valence-electron chi connectivity index (χ1n) is 6.53. The fourth-order valence-electron chi connectivity index (χ4n) is 2.40. The van der Waals surface area contributed by atoms with Crippen LogP contribution in [-0.4, -0.2) is 19.2 Å². The van der Waals surface area contributed by atoms with Crippen molar-refractivity contribution < 1.29 is 9.13 Å². The largest absolute Gasteiger partial charge is 0.489 e. The maximum Gasteiger partial charge on any atom is 0.138 e. The summed E-state index contributed by atoms with van der Waals surface area (Å²) < 4.78 is 19.0. The molecule has 0 saturated carbocycles. The molecule has 4 heteroatoms. The summed E-state index contributed by atoms with van der Waals surface area (Å²) in [5, 5.41) is 3.70. The molecule has 1 N–H and O–H groups in total. The molecule has 0 spiro atoms. The molecule has 0 aromatic heterocycles. The average Bonchev–Trinajstić information content (AvgIpc) is 2.85. The van der Waals surface area contributed by atoms with Crippen LogP contribution in [0.4, 0.5) is 4.39 Å². The lowest BCUT2D eigenvalue weighted by Gasteiger charge is -2.24. The number of hydrogen-bond donors (Lipinski definition) is 1. The van der Waals surface area contributed by atoms with Crippen LogP contribution in [-0.2, 0) is 0 Å². The Morgan fingerprint density at radius 1 is 1.56 bits per heavy atom. The number of ether oxygens (including phenoxy) is 1.